The van der Waals surface area contributed by atoms with E-state index in [1.54, 1.807) is 6.07 Å². The molecule has 0 radical (unpaired) electrons. The summed E-state index contributed by atoms with van der Waals surface area (Å²) >= 11 is 0. The van der Waals surface area contributed by atoms with Crippen LogP contribution in [0.2, 0.25) is 0 Å². The summed E-state index contributed by atoms with van der Waals surface area (Å²) in [5.41, 5.74) is 0.118. The molecular formula is C16H24ClN3O3. The Balaban J connectivity index is 0.00000264. The highest BCUT2D eigenvalue weighted by molar-refractivity contribution is 5.95. The maximum Gasteiger partial charge on any atom is 0.270 e. The molecule has 0 aliphatic carbocycles. The molecule has 1 aromatic carbocycles. The number of nitro benzene ring substituents is 1. The smallest absolute Gasteiger partial charge is 0.270 e. The van der Waals surface area contributed by atoms with E-state index in [0.29, 0.717) is 5.56 Å². The minimum absolute atomic E-state index is 0. The first kappa shape index (κ1) is 19.4. The van der Waals surface area contributed by atoms with Gasteiger partial charge in [0.25, 0.3) is 11.6 Å². The molecule has 1 aliphatic rings. The zero-order valence-electron chi connectivity index (χ0n) is 13.9. The van der Waals surface area contributed by atoms with Gasteiger partial charge in [0.15, 0.2) is 0 Å². The molecule has 2 rings (SSSR count). The third kappa shape index (κ3) is 5.18. The predicted molar refractivity (Wildman–Crippen MR) is 92.1 cm³/mol. The summed E-state index contributed by atoms with van der Waals surface area (Å²) in [6.45, 7) is 8.45. The number of piperidine rings is 1. The normalized spacial score (nSPS) is 19.5. The minimum atomic E-state index is -0.493. The molecule has 0 aromatic heterocycles. The number of hydrogen-bond donors (Lipinski definition) is 2. The van der Waals surface area contributed by atoms with Gasteiger partial charge in [-0.2, -0.15) is 0 Å². The van der Waals surface area contributed by atoms with Crippen LogP contribution < -0.4 is 10.6 Å². The first-order valence-electron chi connectivity index (χ1n) is 7.43. The monoisotopic (exact) mass is 341 g/mol. The number of carbonyl (C=O) groups is 1. The van der Waals surface area contributed by atoms with E-state index in [2.05, 4.69) is 38.3 Å². The van der Waals surface area contributed by atoms with Crippen LogP contribution in [0.15, 0.2) is 24.3 Å². The number of rotatable bonds is 3. The zero-order valence-corrected chi connectivity index (χ0v) is 14.7. The van der Waals surface area contributed by atoms with E-state index in [9.17, 15) is 14.9 Å². The van der Waals surface area contributed by atoms with E-state index in [1.165, 1.54) is 18.2 Å². The van der Waals surface area contributed by atoms with Gasteiger partial charge in [-0.15, -0.1) is 12.4 Å². The highest BCUT2D eigenvalue weighted by Crippen LogP contribution is 2.28. The van der Waals surface area contributed by atoms with Crippen LogP contribution in [-0.2, 0) is 0 Å². The van der Waals surface area contributed by atoms with Crippen molar-refractivity contribution in [2.75, 3.05) is 0 Å². The standard InChI is InChI=1S/C16H23N3O3.ClH/c1-15(2)9-12(10-16(3,4)18-15)17-14(20)11-6-5-7-13(8-11)19(21)22;/h5-8,12,18H,9-10H2,1-4H3,(H,17,20);1H. The van der Waals surface area contributed by atoms with Gasteiger partial charge in [0.05, 0.1) is 4.92 Å². The first-order chi connectivity index (χ1) is 10.1. The largest absolute Gasteiger partial charge is 0.349 e. The summed E-state index contributed by atoms with van der Waals surface area (Å²) in [6.07, 6.45) is 1.63. The van der Waals surface area contributed by atoms with Crippen molar-refractivity contribution in [3.63, 3.8) is 0 Å². The summed E-state index contributed by atoms with van der Waals surface area (Å²) in [4.78, 5) is 22.7. The van der Waals surface area contributed by atoms with Gasteiger partial charge < -0.3 is 10.6 Å². The van der Waals surface area contributed by atoms with Gasteiger partial charge in [0.1, 0.15) is 0 Å². The van der Waals surface area contributed by atoms with Crippen molar-refractivity contribution < 1.29 is 9.72 Å². The summed E-state index contributed by atoms with van der Waals surface area (Å²) < 4.78 is 0. The van der Waals surface area contributed by atoms with E-state index in [-0.39, 0.29) is 41.1 Å². The second-order valence-corrected chi connectivity index (χ2v) is 7.28. The molecule has 1 aromatic rings. The van der Waals surface area contributed by atoms with Gasteiger partial charge in [-0.05, 0) is 46.6 Å². The highest BCUT2D eigenvalue weighted by atomic mass is 35.5. The molecule has 6 nitrogen and oxygen atoms in total. The molecule has 1 saturated heterocycles. The van der Waals surface area contributed by atoms with Gasteiger partial charge in [-0.3, -0.25) is 14.9 Å². The van der Waals surface area contributed by atoms with Crippen molar-refractivity contribution in [2.24, 2.45) is 0 Å². The molecule has 2 N–H and O–H groups in total. The van der Waals surface area contributed by atoms with E-state index < -0.39 is 4.92 Å². The lowest BCUT2D eigenvalue weighted by atomic mass is 9.79. The van der Waals surface area contributed by atoms with Gasteiger partial charge in [-0.25, -0.2) is 0 Å². The topological polar surface area (TPSA) is 84.3 Å². The fourth-order valence-electron chi connectivity index (χ4n) is 3.45. The SMILES string of the molecule is CC1(C)CC(NC(=O)c2cccc([N+](=O)[O-])c2)CC(C)(C)N1.Cl. The quantitative estimate of drug-likeness (QED) is 0.653. The van der Waals surface area contributed by atoms with Gasteiger partial charge in [0.2, 0.25) is 0 Å². The van der Waals surface area contributed by atoms with Crippen molar-refractivity contribution in [2.45, 2.75) is 57.7 Å². The second kappa shape index (κ2) is 6.84. The summed E-state index contributed by atoms with van der Waals surface area (Å²) in [6, 6.07) is 5.86. The van der Waals surface area contributed by atoms with Crippen LogP contribution >= 0.6 is 12.4 Å². The Morgan fingerprint density at radius 1 is 1.26 bits per heavy atom. The average molecular weight is 342 g/mol. The molecule has 1 aliphatic heterocycles. The Kier molecular flexibility index (Phi) is 5.77. The van der Waals surface area contributed by atoms with E-state index in [1.807, 2.05) is 0 Å². The molecule has 0 saturated carbocycles. The zero-order chi connectivity index (χ0) is 16.5. The fourth-order valence-corrected chi connectivity index (χ4v) is 3.45. The average Bonchev–Trinajstić information content (AvgIpc) is 2.34. The lowest BCUT2D eigenvalue weighted by Crippen LogP contribution is -2.62. The van der Waals surface area contributed by atoms with E-state index >= 15 is 0 Å². The third-order valence-electron chi connectivity index (χ3n) is 3.84. The number of non-ortho nitro benzene ring substituents is 1. The van der Waals surface area contributed by atoms with Crippen molar-refractivity contribution in [3.8, 4) is 0 Å². The first-order valence-corrected chi connectivity index (χ1v) is 7.43. The maximum absolute atomic E-state index is 12.4. The molecule has 1 fully saturated rings. The summed E-state index contributed by atoms with van der Waals surface area (Å²) in [5.74, 6) is -0.262. The van der Waals surface area contributed by atoms with E-state index in [4.69, 9.17) is 0 Å². The minimum Gasteiger partial charge on any atom is -0.349 e. The summed E-state index contributed by atoms with van der Waals surface area (Å²) in [7, 11) is 0. The van der Waals surface area contributed by atoms with E-state index in [0.717, 1.165) is 12.8 Å². The van der Waals surface area contributed by atoms with Crippen molar-refractivity contribution >= 4 is 24.0 Å². The number of nitrogens with one attached hydrogen (secondary N) is 2. The Morgan fingerprint density at radius 2 is 1.83 bits per heavy atom. The Hall–Kier alpha value is -1.66. The molecule has 0 bridgehead atoms. The number of carbonyl (C=O) groups excluding carboxylic acids is 1. The van der Waals surface area contributed by atoms with Crippen LogP contribution in [0.1, 0.15) is 50.9 Å². The fraction of sp³-hybridized carbons (Fsp3) is 0.562. The Labute approximate surface area is 142 Å². The molecular weight excluding hydrogens is 318 g/mol. The number of hydrogen-bond acceptors (Lipinski definition) is 4. The van der Waals surface area contributed by atoms with Crippen LogP contribution in [0.5, 0.6) is 0 Å². The number of amides is 1. The van der Waals surface area contributed by atoms with Gasteiger partial charge in [0, 0.05) is 34.8 Å². The third-order valence-corrected chi connectivity index (χ3v) is 3.84. The van der Waals surface area contributed by atoms with Crippen molar-refractivity contribution in [3.05, 3.63) is 39.9 Å². The van der Waals surface area contributed by atoms with Crippen molar-refractivity contribution in [1.29, 1.82) is 0 Å². The molecule has 0 unspecified atom stereocenters. The molecule has 0 spiro atoms. The molecule has 23 heavy (non-hydrogen) atoms. The lowest BCUT2D eigenvalue weighted by Gasteiger charge is -2.46. The highest BCUT2D eigenvalue weighted by Gasteiger charge is 2.38. The lowest BCUT2D eigenvalue weighted by molar-refractivity contribution is -0.384. The van der Waals surface area contributed by atoms with Crippen LogP contribution in [0.4, 0.5) is 5.69 Å². The Morgan fingerprint density at radius 3 is 2.35 bits per heavy atom. The molecule has 7 heteroatoms. The Bertz CT molecular complexity index is 586. The summed E-state index contributed by atoms with van der Waals surface area (Å²) in [5, 5.41) is 17.4. The molecule has 1 amide bonds. The van der Waals surface area contributed by atoms with Crippen LogP contribution in [0.25, 0.3) is 0 Å². The second-order valence-electron chi connectivity index (χ2n) is 7.28. The molecule has 0 atom stereocenters. The van der Waals surface area contributed by atoms with Crippen LogP contribution in [-0.4, -0.2) is 28.0 Å². The predicted octanol–water partition coefficient (Wildman–Crippen LogP) is 3.06. The maximum atomic E-state index is 12.4. The molecule has 1 heterocycles. The van der Waals surface area contributed by atoms with Crippen LogP contribution in [0, 0.1) is 10.1 Å². The van der Waals surface area contributed by atoms with Crippen molar-refractivity contribution in [1.82, 2.24) is 10.6 Å². The number of benzene rings is 1. The number of nitro groups is 1. The molecule has 128 valence electrons. The van der Waals surface area contributed by atoms with Gasteiger partial charge in [-0.1, -0.05) is 6.07 Å². The van der Waals surface area contributed by atoms with Gasteiger partial charge >= 0.3 is 0 Å². The number of nitrogens with zero attached hydrogens (tertiary/aromatic N) is 1. The number of halogens is 1. The van der Waals surface area contributed by atoms with Crippen LogP contribution in [0.3, 0.4) is 0 Å².